The molecule has 3 N–H and O–H groups in total. The van der Waals surface area contributed by atoms with E-state index >= 15 is 0 Å². The third kappa shape index (κ3) is 4.26. The summed E-state index contributed by atoms with van der Waals surface area (Å²) in [5.74, 6) is 0.589. The van der Waals surface area contributed by atoms with Crippen molar-refractivity contribution in [3.63, 3.8) is 0 Å². The van der Waals surface area contributed by atoms with E-state index in [1.165, 1.54) is 0 Å². The van der Waals surface area contributed by atoms with Gasteiger partial charge >= 0.3 is 0 Å². The van der Waals surface area contributed by atoms with Crippen molar-refractivity contribution in [3.8, 4) is 0 Å². The van der Waals surface area contributed by atoms with Gasteiger partial charge in [0.25, 0.3) is 0 Å². The van der Waals surface area contributed by atoms with Gasteiger partial charge in [-0.3, -0.25) is 4.99 Å². The molecule has 1 saturated carbocycles. The molecule has 1 aliphatic carbocycles. The second kappa shape index (κ2) is 6.75. The lowest BCUT2D eigenvalue weighted by Gasteiger charge is -2.36. The van der Waals surface area contributed by atoms with Gasteiger partial charge in [0.1, 0.15) is 0 Å². The molecule has 2 rings (SSSR count). The second-order valence-corrected chi connectivity index (χ2v) is 4.67. The Bertz CT molecular complexity index is 263. The van der Waals surface area contributed by atoms with E-state index in [1.54, 1.807) is 0 Å². The van der Waals surface area contributed by atoms with Gasteiger partial charge in [0.05, 0.1) is 18.8 Å². The molecule has 0 bridgehead atoms. The van der Waals surface area contributed by atoms with Crippen LogP contribution in [0.1, 0.15) is 25.7 Å². The number of halogens is 1. The lowest BCUT2D eigenvalue weighted by Crippen LogP contribution is -2.45. The molecule has 1 aliphatic heterocycles. The molecular formula is C11H22IN3O2. The van der Waals surface area contributed by atoms with E-state index in [9.17, 15) is 5.11 Å². The Kier molecular flexibility index (Phi) is 5.94. The molecule has 1 heterocycles. The molecule has 1 saturated heterocycles. The summed E-state index contributed by atoms with van der Waals surface area (Å²) in [5.41, 5.74) is 5.43. The third-order valence-corrected chi connectivity index (χ3v) is 3.47. The number of ether oxygens (including phenoxy) is 1. The Hall–Kier alpha value is -0.0800. The molecule has 0 spiro atoms. The van der Waals surface area contributed by atoms with Gasteiger partial charge in [0, 0.05) is 19.6 Å². The van der Waals surface area contributed by atoms with Gasteiger partial charge in [-0.15, -0.1) is 24.0 Å². The summed E-state index contributed by atoms with van der Waals surface area (Å²) >= 11 is 0. The number of nitrogens with zero attached hydrogens (tertiary/aromatic N) is 2. The first-order chi connectivity index (χ1) is 7.70. The maximum absolute atomic E-state index is 9.89. The fraction of sp³-hybridized carbons (Fsp3) is 0.909. The maximum Gasteiger partial charge on any atom is 0.191 e. The minimum atomic E-state index is -0.450. The quantitative estimate of drug-likeness (QED) is 0.441. The Morgan fingerprint density at radius 3 is 2.53 bits per heavy atom. The van der Waals surface area contributed by atoms with E-state index in [-0.39, 0.29) is 24.0 Å². The summed E-state index contributed by atoms with van der Waals surface area (Å²) in [6.45, 7) is 3.71. The Balaban J connectivity index is 0.00000144. The van der Waals surface area contributed by atoms with Crippen molar-refractivity contribution in [1.29, 1.82) is 0 Å². The zero-order valence-corrected chi connectivity index (χ0v) is 12.4. The van der Waals surface area contributed by atoms with Crippen LogP contribution in [-0.4, -0.2) is 54.4 Å². The Morgan fingerprint density at radius 2 is 2.00 bits per heavy atom. The van der Waals surface area contributed by atoms with Gasteiger partial charge in [0.15, 0.2) is 5.96 Å². The second-order valence-electron chi connectivity index (χ2n) is 4.67. The van der Waals surface area contributed by atoms with E-state index in [0.717, 1.165) is 52.0 Å². The molecule has 100 valence electrons. The molecule has 0 amide bonds. The standard InChI is InChI=1S/C11H21N3O2.HI/c12-10(14-6-8-16-9-7-14)13-5-4-11(15)2-1-3-11;/h15H,1-9H2,(H2,12,13);1H. The summed E-state index contributed by atoms with van der Waals surface area (Å²) in [6.07, 6.45) is 3.71. The van der Waals surface area contributed by atoms with Crippen LogP contribution in [0.3, 0.4) is 0 Å². The molecule has 2 aliphatic rings. The van der Waals surface area contributed by atoms with E-state index in [2.05, 4.69) is 4.99 Å². The van der Waals surface area contributed by atoms with Gasteiger partial charge in [-0.25, -0.2) is 0 Å². The zero-order valence-electron chi connectivity index (χ0n) is 10.1. The topological polar surface area (TPSA) is 71.1 Å². The molecule has 0 aromatic carbocycles. The smallest absolute Gasteiger partial charge is 0.191 e. The lowest BCUT2D eigenvalue weighted by molar-refractivity contribution is -0.0378. The summed E-state index contributed by atoms with van der Waals surface area (Å²) < 4.78 is 5.24. The van der Waals surface area contributed by atoms with Crippen molar-refractivity contribution >= 4 is 29.9 Å². The first-order valence-electron chi connectivity index (χ1n) is 6.05. The van der Waals surface area contributed by atoms with Gasteiger partial charge in [0.2, 0.25) is 0 Å². The molecule has 0 aromatic heterocycles. The molecule has 5 nitrogen and oxygen atoms in total. The summed E-state index contributed by atoms with van der Waals surface area (Å²) in [6, 6.07) is 0. The number of aliphatic imine (C=N–C) groups is 1. The lowest BCUT2D eigenvalue weighted by atomic mass is 9.78. The molecule has 0 radical (unpaired) electrons. The van der Waals surface area contributed by atoms with Crippen LogP contribution < -0.4 is 5.73 Å². The minimum Gasteiger partial charge on any atom is -0.390 e. The van der Waals surface area contributed by atoms with Crippen molar-refractivity contribution in [2.75, 3.05) is 32.8 Å². The highest BCUT2D eigenvalue weighted by Crippen LogP contribution is 2.34. The normalized spacial score (nSPS) is 23.8. The van der Waals surface area contributed by atoms with Crippen LogP contribution in [0.25, 0.3) is 0 Å². The van der Waals surface area contributed by atoms with E-state index in [1.807, 2.05) is 4.90 Å². The SMILES string of the molecule is I.NC(=NCCC1(O)CCC1)N1CCOCC1. The summed E-state index contributed by atoms with van der Waals surface area (Å²) in [7, 11) is 0. The highest BCUT2D eigenvalue weighted by molar-refractivity contribution is 14.0. The number of hydrogen-bond acceptors (Lipinski definition) is 3. The van der Waals surface area contributed by atoms with Crippen LogP contribution in [0, 0.1) is 0 Å². The zero-order chi connectivity index (χ0) is 11.4. The van der Waals surface area contributed by atoms with Gasteiger partial charge in [-0.2, -0.15) is 0 Å². The van der Waals surface area contributed by atoms with Crippen molar-refractivity contribution in [1.82, 2.24) is 4.90 Å². The average molecular weight is 355 g/mol. The van der Waals surface area contributed by atoms with Crippen molar-refractivity contribution in [2.45, 2.75) is 31.3 Å². The van der Waals surface area contributed by atoms with Crippen LogP contribution >= 0.6 is 24.0 Å². The Labute approximate surface area is 119 Å². The number of hydrogen-bond donors (Lipinski definition) is 2. The van der Waals surface area contributed by atoms with Crippen molar-refractivity contribution in [2.24, 2.45) is 10.7 Å². The fourth-order valence-corrected chi connectivity index (χ4v) is 2.11. The predicted octanol–water partition coefficient (Wildman–Crippen LogP) is 0.556. The molecule has 17 heavy (non-hydrogen) atoms. The van der Waals surface area contributed by atoms with E-state index < -0.39 is 5.60 Å². The molecular weight excluding hydrogens is 333 g/mol. The van der Waals surface area contributed by atoms with E-state index in [4.69, 9.17) is 10.5 Å². The molecule has 0 atom stereocenters. The highest BCUT2D eigenvalue weighted by Gasteiger charge is 2.33. The van der Waals surface area contributed by atoms with Gasteiger partial charge < -0.3 is 20.5 Å². The van der Waals surface area contributed by atoms with Gasteiger partial charge in [-0.1, -0.05) is 0 Å². The number of guanidine groups is 1. The number of aliphatic hydroxyl groups is 1. The Morgan fingerprint density at radius 1 is 1.35 bits per heavy atom. The molecule has 0 aromatic rings. The van der Waals surface area contributed by atoms with Crippen LogP contribution in [0.4, 0.5) is 0 Å². The highest BCUT2D eigenvalue weighted by atomic mass is 127. The fourth-order valence-electron chi connectivity index (χ4n) is 2.11. The van der Waals surface area contributed by atoms with Crippen LogP contribution in [0.15, 0.2) is 4.99 Å². The summed E-state index contributed by atoms with van der Waals surface area (Å²) in [5, 5.41) is 9.89. The number of morpholine rings is 1. The van der Waals surface area contributed by atoms with Crippen LogP contribution in [0.2, 0.25) is 0 Å². The average Bonchev–Trinajstić information content (AvgIpc) is 2.28. The number of nitrogens with two attached hydrogens (primary N) is 1. The summed E-state index contributed by atoms with van der Waals surface area (Å²) in [4.78, 5) is 6.36. The van der Waals surface area contributed by atoms with Crippen LogP contribution in [0.5, 0.6) is 0 Å². The van der Waals surface area contributed by atoms with Crippen molar-refractivity contribution in [3.05, 3.63) is 0 Å². The maximum atomic E-state index is 9.89. The first-order valence-corrected chi connectivity index (χ1v) is 6.05. The molecule has 0 unspecified atom stereocenters. The monoisotopic (exact) mass is 355 g/mol. The van der Waals surface area contributed by atoms with Crippen molar-refractivity contribution < 1.29 is 9.84 Å². The largest absolute Gasteiger partial charge is 0.390 e. The first kappa shape index (κ1) is 15.0. The minimum absolute atomic E-state index is 0. The van der Waals surface area contributed by atoms with Gasteiger partial charge in [-0.05, 0) is 25.7 Å². The molecule has 2 fully saturated rings. The van der Waals surface area contributed by atoms with E-state index in [0.29, 0.717) is 12.5 Å². The molecule has 6 heteroatoms. The van der Waals surface area contributed by atoms with Crippen LogP contribution in [-0.2, 0) is 4.74 Å². The number of rotatable bonds is 3. The third-order valence-electron chi connectivity index (χ3n) is 3.47. The predicted molar refractivity (Wildman–Crippen MR) is 77.7 cm³/mol.